The van der Waals surface area contributed by atoms with Crippen LogP contribution < -0.4 is 10.1 Å². The summed E-state index contributed by atoms with van der Waals surface area (Å²) in [5, 5.41) is 2.86. The highest BCUT2D eigenvalue weighted by atomic mass is 16.5. The van der Waals surface area contributed by atoms with Crippen molar-refractivity contribution in [1.82, 2.24) is 0 Å². The Hall–Kier alpha value is -2.62. The Kier molecular flexibility index (Phi) is 5.31. The van der Waals surface area contributed by atoms with E-state index >= 15 is 0 Å². The van der Waals surface area contributed by atoms with Crippen LogP contribution in [-0.2, 0) is 4.79 Å². The van der Waals surface area contributed by atoms with E-state index in [1.165, 1.54) is 0 Å². The zero-order chi connectivity index (χ0) is 15.9. The first-order chi connectivity index (χ1) is 10.6. The summed E-state index contributed by atoms with van der Waals surface area (Å²) in [7, 11) is 0. The van der Waals surface area contributed by atoms with E-state index in [1.807, 2.05) is 24.3 Å². The average Bonchev–Trinajstić information content (AvgIpc) is 2.53. The lowest BCUT2D eigenvalue weighted by molar-refractivity contribution is -0.118. The van der Waals surface area contributed by atoms with Crippen molar-refractivity contribution in [2.75, 3.05) is 11.9 Å². The van der Waals surface area contributed by atoms with E-state index in [0.717, 1.165) is 17.5 Å². The quantitative estimate of drug-likeness (QED) is 0.828. The van der Waals surface area contributed by atoms with Crippen molar-refractivity contribution in [2.24, 2.45) is 0 Å². The third-order valence-corrected chi connectivity index (χ3v) is 3.22. The van der Waals surface area contributed by atoms with Crippen molar-refractivity contribution in [1.29, 1.82) is 0 Å². The predicted octanol–water partition coefficient (Wildman–Crippen LogP) is 3.64. The molecule has 0 fully saturated rings. The normalized spacial score (nSPS) is 10.3. The third kappa shape index (κ3) is 4.19. The van der Waals surface area contributed by atoms with Crippen LogP contribution in [0.25, 0.3) is 0 Å². The molecule has 0 saturated carbocycles. The van der Waals surface area contributed by atoms with Gasteiger partial charge in [0, 0.05) is 11.3 Å². The second-order valence-corrected chi connectivity index (χ2v) is 5.27. The molecule has 0 heterocycles. The van der Waals surface area contributed by atoms with Crippen molar-refractivity contribution in [3.63, 3.8) is 0 Å². The van der Waals surface area contributed by atoms with Crippen LogP contribution in [0.2, 0.25) is 0 Å². The van der Waals surface area contributed by atoms with E-state index < -0.39 is 0 Å². The van der Waals surface area contributed by atoms with Gasteiger partial charge < -0.3 is 10.1 Å². The van der Waals surface area contributed by atoms with Crippen molar-refractivity contribution in [3.05, 3.63) is 59.7 Å². The van der Waals surface area contributed by atoms with Crippen LogP contribution in [0.1, 0.15) is 35.7 Å². The van der Waals surface area contributed by atoms with Gasteiger partial charge in [-0.1, -0.05) is 44.2 Å². The van der Waals surface area contributed by atoms with Crippen molar-refractivity contribution in [3.8, 4) is 5.75 Å². The summed E-state index contributed by atoms with van der Waals surface area (Å²) in [4.78, 5) is 22.7. The molecule has 22 heavy (non-hydrogen) atoms. The molecule has 4 nitrogen and oxygen atoms in total. The third-order valence-electron chi connectivity index (χ3n) is 3.22. The number of amides is 1. The molecule has 2 aromatic carbocycles. The summed E-state index contributed by atoms with van der Waals surface area (Å²) in [6.45, 7) is 4.05. The summed E-state index contributed by atoms with van der Waals surface area (Å²) >= 11 is 0. The first kappa shape index (κ1) is 15.8. The predicted molar refractivity (Wildman–Crippen MR) is 86.5 cm³/mol. The molecule has 1 N–H and O–H groups in total. The fourth-order valence-electron chi connectivity index (χ4n) is 2.13. The fourth-order valence-corrected chi connectivity index (χ4v) is 2.13. The first-order valence-corrected chi connectivity index (χ1v) is 7.17. The zero-order valence-corrected chi connectivity index (χ0v) is 12.7. The maximum Gasteiger partial charge on any atom is 0.262 e. The molecule has 2 rings (SSSR count). The summed E-state index contributed by atoms with van der Waals surface area (Å²) in [5.41, 5.74) is 2.40. The Morgan fingerprint density at radius 1 is 1.18 bits per heavy atom. The van der Waals surface area contributed by atoms with Gasteiger partial charge in [-0.3, -0.25) is 9.59 Å². The number of hydrogen-bond acceptors (Lipinski definition) is 3. The number of nitrogens with one attached hydrogen (secondary N) is 1. The zero-order valence-electron chi connectivity index (χ0n) is 12.7. The lowest BCUT2D eigenvalue weighted by atomic mass is 10.0. The van der Waals surface area contributed by atoms with E-state index in [-0.39, 0.29) is 12.5 Å². The van der Waals surface area contributed by atoms with Crippen LogP contribution in [-0.4, -0.2) is 18.8 Å². The minimum atomic E-state index is -0.232. The fraction of sp³-hybridized carbons (Fsp3) is 0.222. The van der Waals surface area contributed by atoms with Gasteiger partial charge in [-0.25, -0.2) is 0 Å². The number of benzene rings is 2. The minimum absolute atomic E-state index is 0.102. The highest BCUT2D eigenvalue weighted by molar-refractivity contribution is 5.92. The van der Waals surface area contributed by atoms with Gasteiger partial charge in [0.1, 0.15) is 12.0 Å². The molecule has 0 atom stereocenters. The SMILES string of the molecule is CC(C)c1ccccc1NC(=O)COc1cccc(C=O)c1. The summed E-state index contributed by atoms with van der Waals surface area (Å²) in [6, 6.07) is 14.4. The van der Waals surface area contributed by atoms with Crippen LogP contribution in [0.4, 0.5) is 5.69 Å². The lowest BCUT2D eigenvalue weighted by Crippen LogP contribution is -2.21. The monoisotopic (exact) mass is 297 g/mol. The highest BCUT2D eigenvalue weighted by Gasteiger charge is 2.09. The number of carbonyl (C=O) groups excluding carboxylic acids is 2. The van der Waals surface area contributed by atoms with Gasteiger partial charge in [0.15, 0.2) is 6.61 Å². The Balaban J connectivity index is 1.97. The van der Waals surface area contributed by atoms with E-state index in [4.69, 9.17) is 4.74 Å². The van der Waals surface area contributed by atoms with Crippen LogP contribution in [0.15, 0.2) is 48.5 Å². The summed E-state index contributed by atoms with van der Waals surface area (Å²) < 4.78 is 5.41. The van der Waals surface area contributed by atoms with Gasteiger partial charge in [0.25, 0.3) is 5.91 Å². The van der Waals surface area contributed by atoms with Gasteiger partial charge in [-0.05, 0) is 29.7 Å². The minimum Gasteiger partial charge on any atom is -0.484 e. The second kappa shape index (κ2) is 7.41. The van der Waals surface area contributed by atoms with Gasteiger partial charge in [-0.15, -0.1) is 0 Å². The molecule has 1 amide bonds. The first-order valence-electron chi connectivity index (χ1n) is 7.17. The smallest absolute Gasteiger partial charge is 0.262 e. The van der Waals surface area contributed by atoms with E-state index in [2.05, 4.69) is 19.2 Å². The van der Waals surface area contributed by atoms with Crippen molar-refractivity contribution >= 4 is 17.9 Å². The molecule has 0 aliphatic carbocycles. The molecule has 0 aromatic heterocycles. The van der Waals surface area contributed by atoms with E-state index in [9.17, 15) is 9.59 Å². The number of hydrogen-bond donors (Lipinski definition) is 1. The molecular formula is C18H19NO3. The second-order valence-electron chi connectivity index (χ2n) is 5.27. The number of aldehydes is 1. The maximum absolute atomic E-state index is 12.0. The molecular weight excluding hydrogens is 278 g/mol. The summed E-state index contributed by atoms with van der Waals surface area (Å²) in [6.07, 6.45) is 0.742. The molecule has 0 aliphatic rings. The Morgan fingerprint density at radius 2 is 1.95 bits per heavy atom. The molecule has 2 aromatic rings. The van der Waals surface area contributed by atoms with Crippen LogP contribution >= 0.6 is 0 Å². The van der Waals surface area contributed by atoms with Crippen molar-refractivity contribution in [2.45, 2.75) is 19.8 Å². The number of ether oxygens (including phenoxy) is 1. The number of carbonyl (C=O) groups is 2. The van der Waals surface area contributed by atoms with Gasteiger partial charge >= 0.3 is 0 Å². The van der Waals surface area contributed by atoms with Crippen LogP contribution in [0.5, 0.6) is 5.75 Å². The molecule has 0 aliphatic heterocycles. The number of anilines is 1. The lowest BCUT2D eigenvalue weighted by Gasteiger charge is -2.14. The molecule has 4 heteroatoms. The average molecular weight is 297 g/mol. The Labute approximate surface area is 130 Å². The Bertz CT molecular complexity index is 665. The topological polar surface area (TPSA) is 55.4 Å². The van der Waals surface area contributed by atoms with Gasteiger partial charge in [0.2, 0.25) is 0 Å². The highest BCUT2D eigenvalue weighted by Crippen LogP contribution is 2.23. The van der Waals surface area contributed by atoms with Gasteiger partial charge in [-0.2, -0.15) is 0 Å². The molecule has 114 valence electrons. The molecule has 0 radical (unpaired) electrons. The summed E-state index contributed by atoms with van der Waals surface area (Å²) in [5.74, 6) is 0.586. The molecule has 0 saturated heterocycles. The van der Waals surface area contributed by atoms with Crippen molar-refractivity contribution < 1.29 is 14.3 Å². The van der Waals surface area contributed by atoms with E-state index in [0.29, 0.717) is 17.2 Å². The number of para-hydroxylation sites is 1. The molecule has 0 bridgehead atoms. The maximum atomic E-state index is 12.0. The number of rotatable bonds is 6. The van der Waals surface area contributed by atoms with Crippen LogP contribution in [0, 0.1) is 0 Å². The van der Waals surface area contributed by atoms with Gasteiger partial charge in [0.05, 0.1) is 0 Å². The largest absolute Gasteiger partial charge is 0.484 e. The molecule has 0 spiro atoms. The Morgan fingerprint density at radius 3 is 2.68 bits per heavy atom. The van der Waals surface area contributed by atoms with Crippen LogP contribution in [0.3, 0.4) is 0 Å². The standard InChI is InChI=1S/C18H19NO3/c1-13(2)16-8-3-4-9-17(16)19-18(21)12-22-15-7-5-6-14(10-15)11-20/h3-11,13H,12H2,1-2H3,(H,19,21). The molecule has 0 unspecified atom stereocenters. The van der Waals surface area contributed by atoms with E-state index in [1.54, 1.807) is 24.3 Å².